The van der Waals surface area contributed by atoms with Crippen LogP contribution in [0, 0.1) is 5.21 Å². The molecule has 1 aliphatic heterocycles. The number of hydrogen-bond donors (Lipinski definition) is 0. The molecule has 3 heteroatoms. The van der Waals surface area contributed by atoms with E-state index >= 15 is 0 Å². The molecule has 1 atom stereocenters. The van der Waals surface area contributed by atoms with Gasteiger partial charge in [-0.15, -0.1) is 0 Å². The zero-order chi connectivity index (χ0) is 6.20. The summed E-state index contributed by atoms with van der Waals surface area (Å²) in [7, 11) is 1.54. The zero-order valence-corrected chi connectivity index (χ0v) is 4.96. The summed E-state index contributed by atoms with van der Waals surface area (Å²) in [5.41, 5.74) is 0. The summed E-state index contributed by atoms with van der Waals surface area (Å²) in [5.74, 6) is 0.588. The molecule has 1 aliphatic rings. The predicted octanol–water partition coefficient (Wildman–Crippen LogP) is 0.834. The third-order valence-electron chi connectivity index (χ3n) is 1.26. The maximum absolute atomic E-state index is 11.0. The number of amidine groups is 1. The van der Waals surface area contributed by atoms with Gasteiger partial charge < -0.3 is 5.21 Å². The van der Waals surface area contributed by atoms with Gasteiger partial charge in [0.1, 0.15) is 6.20 Å². The van der Waals surface area contributed by atoms with E-state index in [1.165, 1.54) is 12.4 Å². The summed E-state index contributed by atoms with van der Waals surface area (Å²) in [6, 6.07) is 0. The Kier molecular flexibility index (Phi) is 0.957. The van der Waals surface area contributed by atoms with E-state index in [0.29, 0.717) is 5.84 Å². The Bertz CT molecular complexity index is 158. The average molecular weight is 112 g/mol. The fraction of sp³-hybridized carbons (Fsp3) is 0.400. The van der Waals surface area contributed by atoms with Crippen molar-refractivity contribution in [1.82, 2.24) is 0 Å². The second-order valence-corrected chi connectivity index (χ2v) is 1.96. The molecule has 44 valence electrons. The van der Waals surface area contributed by atoms with Gasteiger partial charge in [-0.1, -0.05) is 0 Å². The van der Waals surface area contributed by atoms with Crippen LogP contribution in [0.2, 0.25) is 0 Å². The molecule has 0 spiro atoms. The van der Waals surface area contributed by atoms with Crippen LogP contribution < -0.4 is 0 Å². The molecule has 1 heterocycles. The molecule has 0 amide bonds. The van der Waals surface area contributed by atoms with Gasteiger partial charge in [-0.25, -0.2) is 4.99 Å². The van der Waals surface area contributed by atoms with E-state index in [9.17, 15) is 5.21 Å². The van der Waals surface area contributed by atoms with E-state index < -0.39 is 4.65 Å². The lowest BCUT2D eigenvalue weighted by atomic mass is 10.6. The van der Waals surface area contributed by atoms with Crippen LogP contribution in [-0.4, -0.2) is 17.5 Å². The first-order valence-corrected chi connectivity index (χ1v) is 2.43. The van der Waals surface area contributed by atoms with E-state index in [-0.39, 0.29) is 0 Å². The molecule has 0 fully saturated rings. The van der Waals surface area contributed by atoms with Crippen molar-refractivity contribution in [3.05, 3.63) is 17.6 Å². The molecular formula is C5H8N2O. The molecule has 8 heavy (non-hydrogen) atoms. The molecule has 3 nitrogen and oxygen atoms in total. The quantitative estimate of drug-likeness (QED) is 0.337. The summed E-state index contributed by atoms with van der Waals surface area (Å²) in [6.45, 7) is 1.72. The Morgan fingerprint density at radius 3 is 2.50 bits per heavy atom. The highest BCUT2D eigenvalue weighted by molar-refractivity contribution is 5.75. The van der Waals surface area contributed by atoms with Crippen molar-refractivity contribution < 1.29 is 4.65 Å². The second-order valence-electron chi connectivity index (χ2n) is 1.96. The van der Waals surface area contributed by atoms with Gasteiger partial charge in [0.2, 0.25) is 5.84 Å². The van der Waals surface area contributed by atoms with Gasteiger partial charge in [0, 0.05) is 6.92 Å². The van der Waals surface area contributed by atoms with E-state index in [2.05, 4.69) is 4.99 Å². The molecule has 0 radical (unpaired) electrons. The highest BCUT2D eigenvalue weighted by atomic mass is 16.5. The van der Waals surface area contributed by atoms with Gasteiger partial charge in [-0.3, -0.25) is 4.65 Å². The molecule has 0 aliphatic carbocycles. The largest absolute Gasteiger partial charge is 0.622 e. The summed E-state index contributed by atoms with van der Waals surface area (Å²) >= 11 is 0. The maximum Gasteiger partial charge on any atom is 0.204 e. The lowest BCUT2D eigenvalue weighted by molar-refractivity contribution is -0.705. The summed E-state index contributed by atoms with van der Waals surface area (Å²) < 4.78 is -0.444. The zero-order valence-electron chi connectivity index (χ0n) is 4.96. The minimum Gasteiger partial charge on any atom is -0.622 e. The lowest BCUT2D eigenvalue weighted by Crippen LogP contribution is -2.33. The van der Waals surface area contributed by atoms with Crippen LogP contribution >= 0.6 is 0 Å². The minimum absolute atomic E-state index is 0.444. The normalized spacial score (nSPS) is 35.6. The first kappa shape index (κ1) is 5.47. The van der Waals surface area contributed by atoms with Crippen LogP contribution in [0.5, 0.6) is 0 Å². The number of rotatable bonds is 0. The Labute approximate surface area is 48.1 Å². The molecule has 0 N–H and O–H groups in total. The Morgan fingerprint density at radius 2 is 2.38 bits per heavy atom. The van der Waals surface area contributed by atoms with Gasteiger partial charge in [-0.05, 0) is 0 Å². The van der Waals surface area contributed by atoms with Crippen molar-refractivity contribution in [1.29, 1.82) is 0 Å². The van der Waals surface area contributed by atoms with Gasteiger partial charge in [0.05, 0.1) is 13.2 Å². The third-order valence-corrected chi connectivity index (χ3v) is 1.26. The van der Waals surface area contributed by atoms with Crippen LogP contribution in [0.15, 0.2) is 17.4 Å². The average Bonchev–Trinajstić information content (AvgIpc) is 1.86. The summed E-state index contributed by atoms with van der Waals surface area (Å²) in [5, 5.41) is 11.0. The second kappa shape index (κ2) is 1.40. The predicted molar refractivity (Wildman–Crippen MR) is 31.8 cm³/mol. The van der Waals surface area contributed by atoms with Gasteiger partial charge in [0.15, 0.2) is 0 Å². The van der Waals surface area contributed by atoms with E-state index in [4.69, 9.17) is 0 Å². The Morgan fingerprint density at radius 1 is 1.75 bits per heavy atom. The fourth-order valence-corrected chi connectivity index (χ4v) is 0.491. The Hall–Kier alpha value is -0.670. The molecule has 0 aromatic heterocycles. The molecular weight excluding hydrogens is 104 g/mol. The van der Waals surface area contributed by atoms with Crippen molar-refractivity contribution >= 4 is 5.84 Å². The van der Waals surface area contributed by atoms with Crippen LogP contribution in [0.1, 0.15) is 6.92 Å². The van der Waals surface area contributed by atoms with Crippen molar-refractivity contribution in [2.24, 2.45) is 4.99 Å². The van der Waals surface area contributed by atoms with Crippen LogP contribution in [-0.2, 0) is 0 Å². The summed E-state index contributed by atoms with van der Waals surface area (Å²) in [6.07, 6.45) is 3.03. The van der Waals surface area contributed by atoms with Crippen molar-refractivity contribution in [3.63, 3.8) is 0 Å². The van der Waals surface area contributed by atoms with Crippen LogP contribution in [0.4, 0.5) is 0 Å². The van der Waals surface area contributed by atoms with Crippen molar-refractivity contribution in [2.45, 2.75) is 6.92 Å². The molecule has 0 saturated heterocycles. The smallest absolute Gasteiger partial charge is 0.204 e. The number of hydroxylamine groups is 3. The topological polar surface area (TPSA) is 35.4 Å². The first-order chi connectivity index (χ1) is 3.63. The molecule has 0 saturated carbocycles. The third kappa shape index (κ3) is 0.657. The van der Waals surface area contributed by atoms with E-state index in [0.717, 1.165) is 0 Å². The highest BCUT2D eigenvalue weighted by Crippen LogP contribution is 2.09. The number of nitrogens with zero attached hydrogens (tertiary/aromatic N) is 2. The Balaban J connectivity index is 2.87. The van der Waals surface area contributed by atoms with E-state index in [1.54, 1.807) is 14.0 Å². The SMILES string of the molecule is CC1=NC=C[N+]1(C)[O-]. The maximum atomic E-state index is 11.0. The number of quaternary nitrogens is 1. The van der Waals surface area contributed by atoms with Gasteiger partial charge in [-0.2, -0.15) is 0 Å². The minimum atomic E-state index is -0.444. The molecule has 0 aromatic carbocycles. The molecule has 1 rings (SSSR count). The van der Waals surface area contributed by atoms with E-state index in [1.807, 2.05) is 0 Å². The molecule has 1 unspecified atom stereocenters. The van der Waals surface area contributed by atoms with Crippen molar-refractivity contribution in [3.8, 4) is 0 Å². The monoisotopic (exact) mass is 112 g/mol. The van der Waals surface area contributed by atoms with Crippen molar-refractivity contribution in [2.75, 3.05) is 7.05 Å². The number of aliphatic imine (C=N–C) groups is 1. The van der Waals surface area contributed by atoms with Crippen LogP contribution in [0.3, 0.4) is 0 Å². The highest BCUT2D eigenvalue weighted by Gasteiger charge is 2.14. The standard InChI is InChI=1S/C5H8N2O/c1-5-6-3-4-7(5,2)8/h3-4H,1-2H3. The molecule has 0 bridgehead atoms. The molecule has 0 aromatic rings. The lowest BCUT2D eigenvalue weighted by Gasteiger charge is -2.29. The van der Waals surface area contributed by atoms with Gasteiger partial charge >= 0.3 is 0 Å². The summed E-state index contributed by atoms with van der Waals surface area (Å²) in [4.78, 5) is 3.78. The fourth-order valence-electron chi connectivity index (χ4n) is 0.491. The van der Waals surface area contributed by atoms with Crippen LogP contribution in [0.25, 0.3) is 0 Å². The van der Waals surface area contributed by atoms with Gasteiger partial charge in [0.25, 0.3) is 0 Å². The first-order valence-electron chi connectivity index (χ1n) is 2.43. The number of hydrogen-bond acceptors (Lipinski definition) is 2.